The number of phenols is 1. The first-order valence-electron chi connectivity index (χ1n) is 9.91. The third-order valence-electron chi connectivity index (χ3n) is 5.49. The second kappa shape index (κ2) is 8.80. The van der Waals surface area contributed by atoms with Crippen molar-refractivity contribution in [2.75, 3.05) is 13.1 Å². The van der Waals surface area contributed by atoms with Crippen LogP contribution >= 0.6 is 11.3 Å². The Bertz CT molecular complexity index is 1070. The monoisotopic (exact) mass is 412 g/mol. The number of fused-ring (bicyclic) bond motifs is 2. The molecule has 29 heavy (non-hydrogen) atoms. The van der Waals surface area contributed by atoms with Crippen molar-refractivity contribution >= 4 is 28.0 Å². The molecule has 4 rings (SSSR count). The Labute approximate surface area is 172 Å². The number of aromatic amines is 1. The lowest BCUT2D eigenvalue weighted by molar-refractivity contribution is -0.133. The molecule has 0 amide bonds. The van der Waals surface area contributed by atoms with Gasteiger partial charge in [-0.1, -0.05) is 35.6 Å². The van der Waals surface area contributed by atoms with Crippen molar-refractivity contribution < 1.29 is 14.6 Å². The molecule has 1 aromatic heterocycles. The Morgan fingerprint density at radius 1 is 1.21 bits per heavy atom. The van der Waals surface area contributed by atoms with Crippen LogP contribution in [0.3, 0.4) is 0 Å². The molecule has 0 saturated heterocycles. The van der Waals surface area contributed by atoms with Crippen molar-refractivity contribution in [3.05, 3.63) is 62.3 Å². The van der Waals surface area contributed by atoms with Crippen LogP contribution in [0.25, 0.3) is 10.2 Å². The van der Waals surface area contributed by atoms with E-state index >= 15 is 0 Å². The van der Waals surface area contributed by atoms with Crippen LogP contribution in [0, 0.1) is 0 Å². The first-order valence-corrected chi connectivity index (χ1v) is 10.7. The minimum atomic E-state index is -0.536. The van der Waals surface area contributed by atoms with Crippen molar-refractivity contribution in [1.29, 1.82) is 0 Å². The largest absolute Gasteiger partial charge is 0.506 e. The Balaban J connectivity index is 1.41. The lowest BCUT2D eigenvalue weighted by atomic mass is 9.90. The number of nitrogens with one attached hydrogen (secondary N) is 2. The molecular weight excluding hydrogens is 388 g/mol. The number of thiazole rings is 1. The number of benzene rings is 2. The van der Waals surface area contributed by atoms with E-state index in [1.54, 1.807) is 6.07 Å². The summed E-state index contributed by atoms with van der Waals surface area (Å²) >= 11 is 1.00. The molecule has 2 aromatic carbocycles. The highest BCUT2D eigenvalue weighted by atomic mass is 32.1. The topological polar surface area (TPSA) is 91.4 Å². The Morgan fingerprint density at radius 3 is 2.86 bits per heavy atom. The number of rotatable bonds is 8. The van der Waals surface area contributed by atoms with Gasteiger partial charge in [0.1, 0.15) is 17.4 Å². The number of aromatic hydroxyl groups is 1. The van der Waals surface area contributed by atoms with E-state index in [0.29, 0.717) is 28.8 Å². The third-order valence-corrected chi connectivity index (χ3v) is 6.42. The van der Waals surface area contributed by atoms with Gasteiger partial charge in [0.25, 0.3) is 6.47 Å². The van der Waals surface area contributed by atoms with Gasteiger partial charge in [0.15, 0.2) is 0 Å². The number of aromatic nitrogens is 1. The number of carbonyl (C=O) groups excluding carboxylic acids is 1. The standard InChI is InChI=1S/C22H24N2O4S/c25-13-28-19(17-7-8-18(26)20-21(17)29-22(27)24-20)12-23-10-9-14-5-6-15-3-1-2-4-16(15)11-14/h5-8,11,13,19,23,26H,1-4,9-10,12H2,(H,24,27)/t19-/m0/s1. The van der Waals surface area contributed by atoms with Crippen LogP contribution in [-0.2, 0) is 28.8 Å². The zero-order valence-electron chi connectivity index (χ0n) is 16.1. The van der Waals surface area contributed by atoms with E-state index in [2.05, 4.69) is 28.5 Å². The van der Waals surface area contributed by atoms with E-state index in [-0.39, 0.29) is 10.6 Å². The molecule has 0 bridgehead atoms. The zero-order chi connectivity index (χ0) is 20.2. The first-order chi connectivity index (χ1) is 14.2. The van der Waals surface area contributed by atoms with Crippen molar-refractivity contribution in [2.24, 2.45) is 0 Å². The van der Waals surface area contributed by atoms with Crippen molar-refractivity contribution in [2.45, 2.75) is 38.2 Å². The van der Waals surface area contributed by atoms with Crippen LogP contribution in [0.4, 0.5) is 0 Å². The third kappa shape index (κ3) is 4.36. The molecule has 3 N–H and O–H groups in total. The average molecular weight is 413 g/mol. The molecule has 0 saturated carbocycles. The van der Waals surface area contributed by atoms with E-state index in [4.69, 9.17) is 4.74 Å². The van der Waals surface area contributed by atoms with Crippen molar-refractivity contribution in [1.82, 2.24) is 10.3 Å². The summed E-state index contributed by atoms with van der Waals surface area (Å²) in [6, 6.07) is 9.97. The fourth-order valence-electron chi connectivity index (χ4n) is 4.00. The van der Waals surface area contributed by atoms with Crippen molar-refractivity contribution in [3.63, 3.8) is 0 Å². The van der Waals surface area contributed by atoms with Crippen LogP contribution in [0.5, 0.6) is 5.75 Å². The summed E-state index contributed by atoms with van der Waals surface area (Å²) in [6.45, 7) is 1.60. The molecule has 0 radical (unpaired) electrons. The highest BCUT2D eigenvalue weighted by Gasteiger charge is 2.19. The van der Waals surface area contributed by atoms with Gasteiger partial charge in [-0.3, -0.25) is 9.59 Å². The van der Waals surface area contributed by atoms with E-state index in [1.165, 1.54) is 48.4 Å². The van der Waals surface area contributed by atoms with Gasteiger partial charge in [-0.15, -0.1) is 0 Å². The molecule has 0 aliphatic heterocycles. The smallest absolute Gasteiger partial charge is 0.305 e. The highest BCUT2D eigenvalue weighted by Crippen LogP contribution is 2.32. The molecule has 1 aliphatic carbocycles. The summed E-state index contributed by atoms with van der Waals surface area (Å²) in [4.78, 5) is 25.1. The fourth-order valence-corrected chi connectivity index (χ4v) is 4.91. The summed E-state index contributed by atoms with van der Waals surface area (Å²) in [5.74, 6) is 0.00678. The molecular formula is C22H24N2O4S. The molecule has 152 valence electrons. The molecule has 1 heterocycles. The second-order valence-electron chi connectivity index (χ2n) is 7.38. The highest BCUT2D eigenvalue weighted by molar-refractivity contribution is 7.16. The van der Waals surface area contributed by atoms with Gasteiger partial charge in [0.2, 0.25) is 0 Å². The Kier molecular flexibility index (Phi) is 5.97. The maximum Gasteiger partial charge on any atom is 0.305 e. The summed E-state index contributed by atoms with van der Waals surface area (Å²) in [7, 11) is 0. The fraction of sp³-hybridized carbons (Fsp3) is 0.364. The maximum absolute atomic E-state index is 11.7. The summed E-state index contributed by atoms with van der Waals surface area (Å²) in [5, 5.41) is 13.3. The summed E-state index contributed by atoms with van der Waals surface area (Å²) in [6.07, 6.45) is 5.26. The number of hydrogen-bond donors (Lipinski definition) is 3. The number of H-pyrrole nitrogens is 1. The molecule has 3 aromatic rings. The predicted molar refractivity (Wildman–Crippen MR) is 114 cm³/mol. The van der Waals surface area contributed by atoms with Gasteiger partial charge in [0.05, 0.1) is 4.70 Å². The molecule has 6 nitrogen and oxygen atoms in total. The van der Waals surface area contributed by atoms with Gasteiger partial charge < -0.3 is 20.1 Å². The predicted octanol–water partition coefficient (Wildman–Crippen LogP) is 3.22. The average Bonchev–Trinajstić information content (AvgIpc) is 3.13. The van der Waals surface area contributed by atoms with Crippen LogP contribution in [0.15, 0.2) is 35.1 Å². The van der Waals surface area contributed by atoms with Gasteiger partial charge >= 0.3 is 4.87 Å². The van der Waals surface area contributed by atoms with Crippen LogP contribution in [0.2, 0.25) is 0 Å². The van der Waals surface area contributed by atoms with Gasteiger partial charge in [-0.25, -0.2) is 0 Å². The van der Waals surface area contributed by atoms with E-state index < -0.39 is 6.10 Å². The number of aryl methyl sites for hydroxylation is 2. The Hall–Kier alpha value is -2.64. The number of hydrogen-bond acceptors (Lipinski definition) is 6. The molecule has 1 atom stereocenters. The van der Waals surface area contributed by atoms with Gasteiger partial charge in [-0.2, -0.15) is 0 Å². The summed E-state index contributed by atoms with van der Waals surface area (Å²) < 4.78 is 5.89. The van der Waals surface area contributed by atoms with Crippen molar-refractivity contribution in [3.8, 4) is 5.75 Å². The maximum atomic E-state index is 11.7. The second-order valence-corrected chi connectivity index (χ2v) is 8.36. The van der Waals surface area contributed by atoms with Gasteiger partial charge in [0, 0.05) is 12.1 Å². The zero-order valence-corrected chi connectivity index (χ0v) is 16.9. The normalized spacial score (nSPS) is 14.5. The molecule has 0 fully saturated rings. The molecule has 0 spiro atoms. The number of phenolic OH excluding ortho intramolecular Hbond substituents is 1. The minimum Gasteiger partial charge on any atom is -0.506 e. The van der Waals surface area contributed by atoms with Gasteiger partial charge in [-0.05, 0) is 61.4 Å². The first kappa shape index (κ1) is 19.7. The lowest BCUT2D eigenvalue weighted by Crippen LogP contribution is -2.25. The molecule has 0 unspecified atom stereocenters. The molecule has 7 heteroatoms. The van der Waals surface area contributed by atoms with Crippen LogP contribution in [0.1, 0.15) is 41.2 Å². The Morgan fingerprint density at radius 2 is 2.03 bits per heavy atom. The summed E-state index contributed by atoms with van der Waals surface area (Å²) in [5.41, 5.74) is 5.35. The minimum absolute atomic E-state index is 0.00678. The van der Waals surface area contributed by atoms with E-state index in [0.717, 1.165) is 24.3 Å². The van der Waals surface area contributed by atoms with Crippen LogP contribution < -0.4 is 10.2 Å². The lowest BCUT2D eigenvalue weighted by Gasteiger charge is -2.18. The van der Waals surface area contributed by atoms with Crippen LogP contribution in [-0.4, -0.2) is 29.7 Å². The molecule has 1 aliphatic rings. The van der Waals surface area contributed by atoms with E-state index in [1.807, 2.05) is 0 Å². The SMILES string of the molecule is O=CO[C@@H](CNCCc1ccc2c(c1)CCCC2)c1ccc(O)c2[nH]c(=O)sc12. The van der Waals surface area contributed by atoms with E-state index in [9.17, 15) is 14.7 Å². The number of ether oxygens (including phenoxy) is 1. The quantitative estimate of drug-likeness (QED) is 0.390. The number of carbonyl (C=O) groups is 1.